The molecule has 0 aromatic carbocycles. The lowest BCUT2D eigenvalue weighted by atomic mass is 9.96. The van der Waals surface area contributed by atoms with E-state index in [0.717, 1.165) is 5.76 Å². The normalized spacial score (nSPS) is 24.3. The number of unbranched alkanes of at least 4 members (excludes halogenated alkanes) is 6. The lowest BCUT2D eigenvalue weighted by Gasteiger charge is -2.26. The summed E-state index contributed by atoms with van der Waals surface area (Å²) >= 11 is 0. The second-order valence-corrected chi connectivity index (χ2v) is 5.64. The molecule has 2 unspecified atom stereocenters. The molecule has 1 rings (SSSR count). The van der Waals surface area contributed by atoms with E-state index < -0.39 is 0 Å². The highest BCUT2D eigenvalue weighted by Gasteiger charge is 2.18. The van der Waals surface area contributed by atoms with Gasteiger partial charge in [-0.15, -0.1) is 0 Å². The Balaban J connectivity index is 1.98. The topological polar surface area (TPSA) is 9.23 Å². The fraction of sp³-hybridized carbons (Fsp3) is 0.875. The van der Waals surface area contributed by atoms with Crippen molar-refractivity contribution in [1.29, 1.82) is 0 Å². The quantitative estimate of drug-likeness (QED) is 0.510. The Labute approximate surface area is 108 Å². The van der Waals surface area contributed by atoms with Crippen LogP contribution in [0.25, 0.3) is 0 Å². The van der Waals surface area contributed by atoms with Crippen LogP contribution >= 0.6 is 0 Å². The number of allylic oxidation sites excluding steroid dienone is 2. The van der Waals surface area contributed by atoms with Crippen LogP contribution in [0.3, 0.4) is 0 Å². The molecule has 1 nitrogen and oxygen atoms in total. The van der Waals surface area contributed by atoms with E-state index in [9.17, 15) is 0 Å². The lowest BCUT2D eigenvalue weighted by Crippen LogP contribution is -2.19. The average Bonchev–Trinajstić information content (AvgIpc) is 2.26. The van der Waals surface area contributed by atoms with Gasteiger partial charge in [-0.25, -0.2) is 0 Å². The first kappa shape index (κ1) is 14.6. The number of rotatable bonds is 8. The molecule has 1 aliphatic heterocycles. The summed E-state index contributed by atoms with van der Waals surface area (Å²) in [5.74, 6) is 1.84. The molecule has 0 radical (unpaired) electrons. The Morgan fingerprint density at radius 1 is 1.12 bits per heavy atom. The van der Waals surface area contributed by atoms with E-state index in [1.165, 1.54) is 57.8 Å². The molecule has 100 valence electrons. The molecule has 0 spiro atoms. The molecule has 0 aromatic heterocycles. The van der Waals surface area contributed by atoms with Gasteiger partial charge in [0, 0.05) is 0 Å². The Morgan fingerprint density at radius 3 is 2.41 bits per heavy atom. The highest BCUT2D eigenvalue weighted by Crippen LogP contribution is 2.25. The first-order valence-electron chi connectivity index (χ1n) is 7.57. The molecular weight excluding hydrogens is 208 g/mol. The summed E-state index contributed by atoms with van der Waals surface area (Å²) in [6, 6.07) is 0. The first-order chi connectivity index (χ1) is 8.22. The molecule has 0 saturated carbocycles. The molecule has 1 heteroatoms. The van der Waals surface area contributed by atoms with Gasteiger partial charge in [0.15, 0.2) is 0 Å². The van der Waals surface area contributed by atoms with Gasteiger partial charge in [0.1, 0.15) is 0 Å². The minimum atomic E-state index is 0.491. The smallest absolute Gasteiger partial charge is 0.0987 e. The van der Waals surface area contributed by atoms with Crippen LogP contribution in [0.5, 0.6) is 0 Å². The standard InChI is InChI=1S/C16H30O/c1-4-5-6-7-8-9-10-11-16-13-14(2)12-15(3)17-16/h12,14,16H,4-11,13H2,1-3H3. The molecule has 0 aromatic rings. The molecular formula is C16H30O. The Bertz CT molecular complexity index is 220. The SMILES string of the molecule is CCCCCCCCCC1CC(C)C=C(C)O1. The zero-order valence-electron chi connectivity index (χ0n) is 12.0. The van der Waals surface area contributed by atoms with E-state index in [1.54, 1.807) is 0 Å². The van der Waals surface area contributed by atoms with E-state index in [1.807, 2.05) is 0 Å². The third-order valence-corrected chi connectivity index (χ3v) is 3.64. The van der Waals surface area contributed by atoms with Crippen molar-refractivity contribution in [2.75, 3.05) is 0 Å². The van der Waals surface area contributed by atoms with Crippen LogP contribution in [0.4, 0.5) is 0 Å². The fourth-order valence-electron chi connectivity index (χ4n) is 2.74. The highest BCUT2D eigenvalue weighted by molar-refractivity contribution is 4.97. The monoisotopic (exact) mass is 238 g/mol. The Hall–Kier alpha value is -0.460. The Kier molecular flexibility index (Phi) is 7.39. The van der Waals surface area contributed by atoms with Gasteiger partial charge in [-0.3, -0.25) is 0 Å². The van der Waals surface area contributed by atoms with Crippen molar-refractivity contribution in [2.45, 2.75) is 84.7 Å². The maximum atomic E-state index is 5.86. The van der Waals surface area contributed by atoms with Gasteiger partial charge < -0.3 is 4.74 Å². The molecule has 1 heterocycles. The van der Waals surface area contributed by atoms with Crippen molar-refractivity contribution in [2.24, 2.45) is 5.92 Å². The lowest BCUT2D eigenvalue weighted by molar-refractivity contribution is 0.0738. The van der Waals surface area contributed by atoms with Crippen LogP contribution in [-0.4, -0.2) is 6.10 Å². The molecule has 0 aliphatic carbocycles. The third kappa shape index (κ3) is 6.75. The van der Waals surface area contributed by atoms with Crippen molar-refractivity contribution in [3.8, 4) is 0 Å². The summed E-state index contributed by atoms with van der Waals surface area (Å²) in [5, 5.41) is 0. The van der Waals surface area contributed by atoms with Crippen LogP contribution in [0, 0.1) is 5.92 Å². The van der Waals surface area contributed by atoms with Crippen molar-refractivity contribution in [3.05, 3.63) is 11.8 Å². The molecule has 0 amide bonds. The van der Waals surface area contributed by atoms with Gasteiger partial charge in [-0.2, -0.15) is 0 Å². The Morgan fingerprint density at radius 2 is 1.76 bits per heavy atom. The summed E-state index contributed by atoms with van der Waals surface area (Å²) in [6.45, 7) is 6.66. The molecule has 17 heavy (non-hydrogen) atoms. The third-order valence-electron chi connectivity index (χ3n) is 3.64. The predicted octanol–water partition coefficient (Wildman–Crippen LogP) is 5.46. The minimum absolute atomic E-state index is 0.491. The largest absolute Gasteiger partial charge is 0.495 e. The summed E-state index contributed by atoms with van der Waals surface area (Å²) < 4.78 is 5.86. The van der Waals surface area contributed by atoms with Crippen molar-refractivity contribution >= 4 is 0 Å². The zero-order chi connectivity index (χ0) is 12.5. The van der Waals surface area contributed by atoms with Crippen molar-refractivity contribution in [3.63, 3.8) is 0 Å². The second kappa shape index (κ2) is 8.60. The molecule has 0 fully saturated rings. The van der Waals surface area contributed by atoms with Gasteiger partial charge in [-0.1, -0.05) is 52.4 Å². The predicted molar refractivity (Wildman–Crippen MR) is 75.0 cm³/mol. The fourth-order valence-corrected chi connectivity index (χ4v) is 2.74. The van der Waals surface area contributed by atoms with E-state index in [2.05, 4.69) is 26.8 Å². The van der Waals surface area contributed by atoms with Crippen LogP contribution in [0.15, 0.2) is 11.8 Å². The number of ether oxygens (including phenoxy) is 1. The van der Waals surface area contributed by atoms with Gasteiger partial charge in [0.05, 0.1) is 11.9 Å². The van der Waals surface area contributed by atoms with E-state index >= 15 is 0 Å². The molecule has 0 N–H and O–H groups in total. The van der Waals surface area contributed by atoms with Gasteiger partial charge in [-0.05, 0) is 38.2 Å². The van der Waals surface area contributed by atoms with E-state index in [0.29, 0.717) is 12.0 Å². The number of hydrogen-bond donors (Lipinski definition) is 0. The van der Waals surface area contributed by atoms with Crippen LogP contribution in [-0.2, 0) is 4.74 Å². The average molecular weight is 238 g/mol. The zero-order valence-corrected chi connectivity index (χ0v) is 12.0. The van der Waals surface area contributed by atoms with Gasteiger partial charge in [0.2, 0.25) is 0 Å². The summed E-state index contributed by atoms with van der Waals surface area (Å²) in [6.07, 6.45) is 15.0. The van der Waals surface area contributed by atoms with Crippen LogP contribution in [0.1, 0.15) is 78.6 Å². The minimum Gasteiger partial charge on any atom is -0.495 e. The van der Waals surface area contributed by atoms with Gasteiger partial charge in [0.25, 0.3) is 0 Å². The second-order valence-electron chi connectivity index (χ2n) is 5.64. The molecule has 0 saturated heterocycles. The van der Waals surface area contributed by atoms with E-state index in [4.69, 9.17) is 4.74 Å². The van der Waals surface area contributed by atoms with E-state index in [-0.39, 0.29) is 0 Å². The summed E-state index contributed by atoms with van der Waals surface area (Å²) in [4.78, 5) is 0. The molecule has 1 aliphatic rings. The first-order valence-corrected chi connectivity index (χ1v) is 7.57. The number of hydrogen-bond acceptors (Lipinski definition) is 1. The molecule has 0 bridgehead atoms. The van der Waals surface area contributed by atoms with Gasteiger partial charge >= 0.3 is 0 Å². The summed E-state index contributed by atoms with van der Waals surface area (Å²) in [7, 11) is 0. The van der Waals surface area contributed by atoms with Crippen molar-refractivity contribution in [1.82, 2.24) is 0 Å². The van der Waals surface area contributed by atoms with Crippen LogP contribution < -0.4 is 0 Å². The van der Waals surface area contributed by atoms with Crippen LogP contribution in [0.2, 0.25) is 0 Å². The summed E-state index contributed by atoms with van der Waals surface area (Å²) in [5.41, 5.74) is 0. The van der Waals surface area contributed by atoms with Crippen molar-refractivity contribution < 1.29 is 4.74 Å². The highest BCUT2D eigenvalue weighted by atomic mass is 16.5. The molecule has 2 atom stereocenters. The maximum Gasteiger partial charge on any atom is 0.0987 e. The maximum absolute atomic E-state index is 5.86.